The average Bonchev–Trinajstić information content (AvgIpc) is 2.63. The van der Waals surface area contributed by atoms with Crippen molar-refractivity contribution in [2.45, 2.75) is 13.8 Å². The predicted octanol–water partition coefficient (Wildman–Crippen LogP) is 2.94. The molecule has 0 saturated heterocycles. The molecule has 1 N–H and O–H groups in total. The molecule has 26 heavy (non-hydrogen) atoms. The third-order valence-corrected chi connectivity index (χ3v) is 3.35. The van der Waals surface area contributed by atoms with Crippen LogP contribution in [0.1, 0.15) is 18.1 Å². The number of amides is 1. The van der Waals surface area contributed by atoms with Gasteiger partial charge in [-0.05, 0) is 31.2 Å². The first-order valence-electron chi connectivity index (χ1n) is 8.44. The van der Waals surface area contributed by atoms with Crippen LogP contribution in [-0.4, -0.2) is 38.5 Å². The topological polar surface area (TPSA) is 69.2 Å². The van der Waals surface area contributed by atoms with Gasteiger partial charge in [0.1, 0.15) is 24.7 Å². The van der Waals surface area contributed by atoms with Crippen LogP contribution in [0, 0.1) is 6.92 Å². The zero-order chi connectivity index (χ0) is 18.6. The van der Waals surface area contributed by atoms with Crippen molar-refractivity contribution in [3.8, 4) is 11.5 Å². The lowest BCUT2D eigenvalue weighted by Gasteiger charge is -2.10. The summed E-state index contributed by atoms with van der Waals surface area (Å²) in [6.45, 7) is 5.28. The molecule has 138 valence electrons. The van der Waals surface area contributed by atoms with E-state index in [0.717, 1.165) is 11.3 Å². The molecule has 2 aromatic carbocycles. The highest BCUT2D eigenvalue weighted by Crippen LogP contribution is 2.15. The third-order valence-electron chi connectivity index (χ3n) is 3.35. The van der Waals surface area contributed by atoms with Crippen LogP contribution >= 0.6 is 0 Å². The van der Waals surface area contributed by atoms with Gasteiger partial charge in [-0.3, -0.25) is 4.79 Å². The van der Waals surface area contributed by atoms with E-state index in [-0.39, 0.29) is 5.91 Å². The molecule has 2 rings (SSSR count). The second-order valence-corrected chi connectivity index (χ2v) is 5.59. The number of nitrogens with zero attached hydrogens (tertiary/aromatic N) is 1. The number of nitrogens with one attached hydrogen (secondary N) is 1. The maximum absolute atomic E-state index is 10.8. The Morgan fingerprint density at radius 3 is 2.42 bits per heavy atom. The zero-order valence-electron chi connectivity index (χ0n) is 15.1. The molecular formula is C20H24N2O4. The molecule has 0 fully saturated rings. The standard InChI is InChI=1S/C20H24N2O4/c1-16-7-9-19(10-8-16)25-13-11-24-12-14-26-20-6-4-3-5-18(20)15-21-22-17(2)23/h3-10,15H,11-14H2,1-2H3,(H,22,23). The van der Waals surface area contributed by atoms with Crippen LogP contribution in [-0.2, 0) is 9.53 Å². The van der Waals surface area contributed by atoms with Crippen LogP contribution in [0.2, 0.25) is 0 Å². The van der Waals surface area contributed by atoms with Crippen molar-refractivity contribution in [1.29, 1.82) is 0 Å². The van der Waals surface area contributed by atoms with E-state index in [1.807, 2.05) is 55.5 Å². The van der Waals surface area contributed by atoms with Crippen LogP contribution in [0.4, 0.5) is 0 Å². The van der Waals surface area contributed by atoms with Gasteiger partial charge in [0, 0.05) is 12.5 Å². The maximum Gasteiger partial charge on any atom is 0.236 e. The third kappa shape index (κ3) is 7.36. The Balaban J connectivity index is 1.64. The monoisotopic (exact) mass is 356 g/mol. The summed E-state index contributed by atoms with van der Waals surface area (Å²) in [5.41, 5.74) is 4.35. The Morgan fingerprint density at radius 2 is 1.69 bits per heavy atom. The molecule has 0 aliphatic carbocycles. The smallest absolute Gasteiger partial charge is 0.236 e. The largest absolute Gasteiger partial charge is 0.491 e. The highest BCUT2D eigenvalue weighted by atomic mass is 16.5. The first-order valence-corrected chi connectivity index (χ1v) is 8.44. The molecule has 0 aliphatic rings. The quantitative estimate of drug-likeness (QED) is 0.404. The number of para-hydroxylation sites is 1. The lowest BCUT2D eigenvalue weighted by atomic mass is 10.2. The van der Waals surface area contributed by atoms with E-state index in [0.29, 0.717) is 32.2 Å². The van der Waals surface area contributed by atoms with Gasteiger partial charge in [0.15, 0.2) is 0 Å². The minimum Gasteiger partial charge on any atom is -0.491 e. The summed E-state index contributed by atoms with van der Waals surface area (Å²) in [6, 6.07) is 15.4. The molecule has 0 spiro atoms. The summed E-state index contributed by atoms with van der Waals surface area (Å²) < 4.78 is 16.8. The SMILES string of the molecule is CC(=O)NN=Cc1ccccc1OCCOCCOc1ccc(C)cc1. The van der Waals surface area contributed by atoms with Gasteiger partial charge in [-0.2, -0.15) is 5.10 Å². The summed E-state index contributed by atoms with van der Waals surface area (Å²) in [7, 11) is 0. The second-order valence-electron chi connectivity index (χ2n) is 5.59. The normalized spacial score (nSPS) is 10.7. The fraction of sp³-hybridized carbons (Fsp3) is 0.300. The first-order chi connectivity index (χ1) is 12.6. The number of carbonyl (C=O) groups is 1. The number of benzene rings is 2. The van der Waals surface area contributed by atoms with Gasteiger partial charge in [0.2, 0.25) is 5.91 Å². The van der Waals surface area contributed by atoms with Crippen LogP contribution < -0.4 is 14.9 Å². The minimum atomic E-state index is -0.221. The number of aryl methyl sites for hydroxylation is 1. The van der Waals surface area contributed by atoms with Gasteiger partial charge >= 0.3 is 0 Å². The summed E-state index contributed by atoms with van der Waals surface area (Å²) in [5.74, 6) is 1.30. The molecular weight excluding hydrogens is 332 g/mol. The molecule has 6 nitrogen and oxygen atoms in total. The van der Waals surface area contributed by atoms with E-state index >= 15 is 0 Å². The van der Waals surface area contributed by atoms with Crippen molar-refractivity contribution in [2.75, 3.05) is 26.4 Å². The van der Waals surface area contributed by atoms with Crippen molar-refractivity contribution in [3.05, 3.63) is 59.7 Å². The van der Waals surface area contributed by atoms with Crippen LogP contribution in [0.5, 0.6) is 11.5 Å². The number of ether oxygens (including phenoxy) is 3. The second kappa shape index (κ2) is 10.9. The van der Waals surface area contributed by atoms with Gasteiger partial charge in [-0.15, -0.1) is 0 Å². The van der Waals surface area contributed by atoms with Crippen molar-refractivity contribution < 1.29 is 19.0 Å². The molecule has 0 aromatic heterocycles. The Hall–Kier alpha value is -2.86. The number of hydrazone groups is 1. The van der Waals surface area contributed by atoms with Gasteiger partial charge < -0.3 is 14.2 Å². The van der Waals surface area contributed by atoms with Gasteiger partial charge in [-0.1, -0.05) is 29.8 Å². The van der Waals surface area contributed by atoms with Gasteiger partial charge in [-0.25, -0.2) is 5.43 Å². The summed E-state index contributed by atoms with van der Waals surface area (Å²) in [4.78, 5) is 10.8. The Kier molecular flexibility index (Phi) is 8.15. The van der Waals surface area contributed by atoms with E-state index in [1.165, 1.54) is 12.5 Å². The van der Waals surface area contributed by atoms with Crippen molar-refractivity contribution in [1.82, 2.24) is 5.43 Å². The summed E-state index contributed by atoms with van der Waals surface area (Å²) in [5, 5.41) is 3.85. The lowest BCUT2D eigenvalue weighted by Crippen LogP contribution is -2.13. The Bertz CT molecular complexity index is 714. The first kappa shape index (κ1) is 19.5. The molecule has 0 radical (unpaired) electrons. The fourth-order valence-electron chi connectivity index (χ4n) is 2.08. The predicted molar refractivity (Wildman–Crippen MR) is 101 cm³/mol. The minimum absolute atomic E-state index is 0.221. The molecule has 1 amide bonds. The van der Waals surface area contributed by atoms with Gasteiger partial charge in [0.25, 0.3) is 0 Å². The number of hydrogen-bond donors (Lipinski definition) is 1. The molecule has 0 aliphatic heterocycles. The number of carbonyl (C=O) groups excluding carboxylic acids is 1. The van der Waals surface area contributed by atoms with Crippen LogP contribution in [0.15, 0.2) is 53.6 Å². The molecule has 0 unspecified atom stereocenters. The molecule has 6 heteroatoms. The maximum atomic E-state index is 10.8. The Morgan fingerprint density at radius 1 is 1.00 bits per heavy atom. The van der Waals surface area contributed by atoms with Crippen molar-refractivity contribution in [3.63, 3.8) is 0 Å². The summed E-state index contributed by atoms with van der Waals surface area (Å²) >= 11 is 0. The lowest BCUT2D eigenvalue weighted by molar-refractivity contribution is -0.118. The average molecular weight is 356 g/mol. The van der Waals surface area contributed by atoms with Crippen molar-refractivity contribution >= 4 is 12.1 Å². The molecule has 0 saturated carbocycles. The zero-order valence-corrected chi connectivity index (χ0v) is 15.1. The van der Waals surface area contributed by atoms with E-state index in [9.17, 15) is 4.79 Å². The van der Waals surface area contributed by atoms with E-state index < -0.39 is 0 Å². The van der Waals surface area contributed by atoms with Crippen molar-refractivity contribution in [2.24, 2.45) is 5.10 Å². The fourth-order valence-corrected chi connectivity index (χ4v) is 2.08. The summed E-state index contributed by atoms with van der Waals surface area (Å²) in [6.07, 6.45) is 1.55. The van der Waals surface area contributed by atoms with Gasteiger partial charge in [0.05, 0.1) is 19.4 Å². The molecule has 0 atom stereocenters. The van der Waals surface area contributed by atoms with Crippen LogP contribution in [0.25, 0.3) is 0 Å². The van der Waals surface area contributed by atoms with E-state index in [1.54, 1.807) is 6.21 Å². The number of rotatable bonds is 10. The van der Waals surface area contributed by atoms with E-state index in [2.05, 4.69) is 10.5 Å². The molecule has 2 aromatic rings. The highest BCUT2D eigenvalue weighted by molar-refractivity contribution is 5.84. The molecule has 0 bridgehead atoms. The molecule has 0 heterocycles. The number of hydrogen-bond acceptors (Lipinski definition) is 5. The Labute approximate surface area is 153 Å². The highest BCUT2D eigenvalue weighted by Gasteiger charge is 2.01. The van der Waals surface area contributed by atoms with E-state index in [4.69, 9.17) is 14.2 Å². The van der Waals surface area contributed by atoms with Crippen LogP contribution in [0.3, 0.4) is 0 Å².